The zero-order chi connectivity index (χ0) is 14.0. The molecule has 2 heterocycles. The Hall–Kier alpha value is -1.85. The van der Waals surface area contributed by atoms with Crippen LogP contribution in [0, 0.1) is 19.8 Å². The van der Waals surface area contributed by atoms with E-state index in [2.05, 4.69) is 5.10 Å². The van der Waals surface area contributed by atoms with Gasteiger partial charge in [-0.3, -0.25) is 14.3 Å². The molecule has 1 N–H and O–H groups in total. The van der Waals surface area contributed by atoms with Crippen LogP contribution in [0.15, 0.2) is 6.07 Å². The lowest BCUT2D eigenvalue weighted by Crippen LogP contribution is -2.32. The summed E-state index contributed by atoms with van der Waals surface area (Å²) in [4.78, 5) is 24.5. The van der Waals surface area contributed by atoms with E-state index in [1.807, 2.05) is 19.9 Å². The summed E-state index contributed by atoms with van der Waals surface area (Å²) in [5, 5.41) is 13.0. The first kappa shape index (κ1) is 13.6. The molecule has 0 aliphatic carbocycles. The summed E-state index contributed by atoms with van der Waals surface area (Å²) in [6.07, 6.45) is 0.916. The van der Waals surface area contributed by atoms with Gasteiger partial charge in [0, 0.05) is 25.2 Å². The van der Waals surface area contributed by atoms with Crippen molar-refractivity contribution in [2.45, 2.75) is 33.2 Å². The number of aromatic nitrogens is 2. The smallest absolute Gasteiger partial charge is 0.303 e. The summed E-state index contributed by atoms with van der Waals surface area (Å²) in [5.41, 5.74) is 1.86. The topological polar surface area (TPSA) is 75.4 Å². The molecule has 1 aromatic rings. The fourth-order valence-corrected chi connectivity index (χ4v) is 2.54. The van der Waals surface area contributed by atoms with Gasteiger partial charge in [0.1, 0.15) is 6.54 Å². The molecule has 1 fully saturated rings. The van der Waals surface area contributed by atoms with Crippen LogP contribution in [0.2, 0.25) is 0 Å². The van der Waals surface area contributed by atoms with Crippen molar-refractivity contribution in [2.24, 2.45) is 5.92 Å². The Morgan fingerprint density at radius 1 is 1.47 bits per heavy atom. The summed E-state index contributed by atoms with van der Waals surface area (Å²) < 4.78 is 1.70. The number of carbonyl (C=O) groups excluding carboxylic acids is 1. The van der Waals surface area contributed by atoms with Crippen molar-refractivity contribution < 1.29 is 14.7 Å². The SMILES string of the molecule is Cc1cc(C)n(CC(=O)N2CCC(CC(=O)O)C2)n1. The third kappa shape index (κ3) is 3.33. The monoisotopic (exact) mass is 265 g/mol. The van der Waals surface area contributed by atoms with Crippen LogP contribution in [-0.4, -0.2) is 44.8 Å². The van der Waals surface area contributed by atoms with Crippen LogP contribution < -0.4 is 0 Å². The standard InChI is InChI=1S/C13H19N3O3/c1-9-5-10(2)16(14-9)8-12(17)15-4-3-11(7-15)6-13(18)19/h5,11H,3-4,6-8H2,1-2H3,(H,18,19). The number of carbonyl (C=O) groups is 2. The third-order valence-electron chi connectivity index (χ3n) is 3.49. The van der Waals surface area contributed by atoms with Gasteiger partial charge in [0.25, 0.3) is 0 Å². The molecule has 1 aromatic heterocycles. The number of nitrogens with zero attached hydrogens (tertiary/aromatic N) is 3. The van der Waals surface area contributed by atoms with Gasteiger partial charge in [-0.05, 0) is 32.3 Å². The van der Waals surface area contributed by atoms with E-state index in [-0.39, 0.29) is 24.8 Å². The number of hydrogen-bond acceptors (Lipinski definition) is 3. The van der Waals surface area contributed by atoms with Crippen LogP contribution in [-0.2, 0) is 16.1 Å². The van der Waals surface area contributed by atoms with Crippen molar-refractivity contribution in [3.05, 3.63) is 17.5 Å². The van der Waals surface area contributed by atoms with Gasteiger partial charge in [0.2, 0.25) is 5.91 Å². The van der Waals surface area contributed by atoms with Crippen LogP contribution in [0.5, 0.6) is 0 Å². The number of likely N-dealkylation sites (tertiary alicyclic amines) is 1. The first-order valence-corrected chi connectivity index (χ1v) is 6.46. The highest BCUT2D eigenvalue weighted by atomic mass is 16.4. The molecule has 1 unspecified atom stereocenters. The van der Waals surface area contributed by atoms with Crippen LogP contribution >= 0.6 is 0 Å². The lowest BCUT2D eigenvalue weighted by molar-refractivity contribution is -0.138. The van der Waals surface area contributed by atoms with Gasteiger partial charge in [-0.25, -0.2) is 0 Å². The molecule has 2 rings (SSSR count). The molecular weight excluding hydrogens is 246 g/mol. The second-order valence-electron chi connectivity index (χ2n) is 5.18. The van der Waals surface area contributed by atoms with Crippen molar-refractivity contribution in [3.63, 3.8) is 0 Å². The largest absolute Gasteiger partial charge is 0.481 e. The van der Waals surface area contributed by atoms with Gasteiger partial charge >= 0.3 is 5.97 Å². The Morgan fingerprint density at radius 3 is 2.79 bits per heavy atom. The molecule has 1 aliphatic heterocycles. The number of carboxylic acid groups (broad SMARTS) is 1. The quantitative estimate of drug-likeness (QED) is 0.874. The van der Waals surface area contributed by atoms with Gasteiger partial charge in [-0.2, -0.15) is 5.10 Å². The highest BCUT2D eigenvalue weighted by Gasteiger charge is 2.27. The number of amides is 1. The summed E-state index contributed by atoms with van der Waals surface area (Å²) >= 11 is 0. The van der Waals surface area contributed by atoms with Gasteiger partial charge < -0.3 is 10.0 Å². The lowest BCUT2D eigenvalue weighted by atomic mass is 10.1. The maximum Gasteiger partial charge on any atom is 0.303 e. The third-order valence-corrected chi connectivity index (χ3v) is 3.49. The van der Waals surface area contributed by atoms with Crippen LogP contribution in [0.1, 0.15) is 24.2 Å². The molecule has 6 nitrogen and oxygen atoms in total. The molecule has 1 amide bonds. The fourth-order valence-electron chi connectivity index (χ4n) is 2.54. The van der Waals surface area contributed by atoms with Crippen molar-refractivity contribution in [1.29, 1.82) is 0 Å². The normalized spacial score (nSPS) is 18.8. The van der Waals surface area contributed by atoms with E-state index in [1.165, 1.54) is 0 Å². The zero-order valence-corrected chi connectivity index (χ0v) is 11.3. The number of carboxylic acids is 1. The molecule has 0 spiro atoms. The molecule has 104 valence electrons. The molecule has 0 radical (unpaired) electrons. The van der Waals surface area contributed by atoms with Crippen molar-refractivity contribution in [3.8, 4) is 0 Å². The maximum atomic E-state index is 12.1. The average molecular weight is 265 g/mol. The summed E-state index contributed by atoms with van der Waals surface area (Å²) in [7, 11) is 0. The van der Waals surface area contributed by atoms with E-state index in [4.69, 9.17) is 5.11 Å². The minimum Gasteiger partial charge on any atom is -0.481 e. The van der Waals surface area contributed by atoms with Gasteiger partial charge in [0.15, 0.2) is 0 Å². The average Bonchev–Trinajstić information content (AvgIpc) is 2.86. The second-order valence-corrected chi connectivity index (χ2v) is 5.18. The van der Waals surface area contributed by atoms with E-state index in [1.54, 1.807) is 9.58 Å². The Kier molecular flexibility index (Phi) is 3.87. The van der Waals surface area contributed by atoms with Crippen LogP contribution in [0.3, 0.4) is 0 Å². The van der Waals surface area contributed by atoms with E-state index >= 15 is 0 Å². The molecule has 19 heavy (non-hydrogen) atoms. The van der Waals surface area contributed by atoms with Crippen molar-refractivity contribution >= 4 is 11.9 Å². The minimum atomic E-state index is -0.794. The maximum absolute atomic E-state index is 12.1. The zero-order valence-electron chi connectivity index (χ0n) is 11.3. The molecule has 6 heteroatoms. The minimum absolute atomic E-state index is 0.0130. The van der Waals surface area contributed by atoms with E-state index in [0.717, 1.165) is 17.8 Å². The van der Waals surface area contributed by atoms with Crippen molar-refractivity contribution in [2.75, 3.05) is 13.1 Å². The first-order chi connectivity index (χ1) is 8.95. The second kappa shape index (κ2) is 5.42. The highest BCUT2D eigenvalue weighted by molar-refractivity contribution is 5.76. The van der Waals surface area contributed by atoms with Gasteiger partial charge in [-0.1, -0.05) is 0 Å². The number of hydrogen-bond donors (Lipinski definition) is 1. The molecular formula is C13H19N3O3. The Balaban J connectivity index is 1.91. The molecule has 0 aromatic carbocycles. The Labute approximate surface area is 112 Å². The lowest BCUT2D eigenvalue weighted by Gasteiger charge is -2.16. The summed E-state index contributed by atoms with van der Waals surface area (Å²) in [6, 6.07) is 1.94. The fraction of sp³-hybridized carbons (Fsp3) is 0.615. The van der Waals surface area contributed by atoms with Gasteiger partial charge in [-0.15, -0.1) is 0 Å². The molecule has 1 atom stereocenters. The van der Waals surface area contributed by atoms with E-state index in [9.17, 15) is 9.59 Å². The highest BCUT2D eigenvalue weighted by Crippen LogP contribution is 2.20. The van der Waals surface area contributed by atoms with Crippen molar-refractivity contribution in [1.82, 2.24) is 14.7 Å². The number of aliphatic carboxylic acids is 1. The number of rotatable bonds is 4. The molecule has 1 saturated heterocycles. The van der Waals surface area contributed by atoms with E-state index < -0.39 is 5.97 Å². The number of aryl methyl sites for hydroxylation is 2. The Morgan fingerprint density at radius 2 is 2.21 bits per heavy atom. The molecule has 0 bridgehead atoms. The summed E-state index contributed by atoms with van der Waals surface area (Å²) in [6.45, 7) is 5.25. The predicted molar refractivity (Wildman–Crippen MR) is 68.6 cm³/mol. The predicted octanol–water partition coefficient (Wildman–Crippen LogP) is 0.823. The first-order valence-electron chi connectivity index (χ1n) is 6.46. The van der Waals surface area contributed by atoms with E-state index in [0.29, 0.717) is 13.1 Å². The van der Waals surface area contributed by atoms with Crippen LogP contribution in [0.4, 0.5) is 0 Å². The molecule has 1 aliphatic rings. The Bertz CT molecular complexity index is 495. The van der Waals surface area contributed by atoms with Crippen LogP contribution in [0.25, 0.3) is 0 Å². The summed E-state index contributed by atoms with van der Waals surface area (Å²) in [5.74, 6) is -0.696. The van der Waals surface area contributed by atoms with Gasteiger partial charge in [0.05, 0.1) is 5.69 Å². The molecule has 0 saturated carbocycles.